The van der Waals surface area contributed by atoms with Gasteiger partial charge in [0.15, 0.2) is 0 Å². The maximum absolute atomic E-state index is 13.1. The molecule has 6 heteroatoms. The predicted octanol–water partition coefficient (Wildman–Crippen LogP) is 3.59. The van der Waals surface area contributed by atoms with Gasteiger partial charge in [-0.1, -0.05) is 42.5 Å². The largest absolute Gasteiger partial charge is 0.497 e. The van der Waals surface area contributed by atoms with E-state index in [0.29, 0.717) is 39.1 Å². The summed E-state index contributed by atoms with van der Waals surface area (Å²) in [4.78, 5) is 27.5. The second kappa shape index (κ2) is 13.4. The zero-order valence-corrected chi connectivity index (χ0v) is 18.8. The number of nitrogens with zero attached hydrogens (tertiary/aromatic N) is 1. The summed E-state index contributed by atoms with van der Waals surface area (Å²) in [5.41, 5.74) is 2.05. The van der Waals surface area contributed by atoms with Gasteiger partial charge in [0, 0.05) is 32.7 Å². The van der Waals surface area contributed by atoms with E-state index in [1.165, 1.54) is 0 Å². The summed E-state index contributed by atoms with van der Waals surface area (Å²) in [7, 11) is 1.62. The number of nitrogens with one attached hydrogen (secondary N) is 1. The minimum absolute atomic E-state index is 0.0448. The third-order valence-corrected chi connectivity index (χ3v) is 5.12. The zero-order valence-electron chi connectivity index (χ0n) is 18.8. The summed E-state index contributed by atoms with van der Waals surface area (Å²) in [6.07, 6.45) is 1.73. The van der Waals surface area contributed by atoms with Gasteiger partial charge < -0.3 is 19.7 Å². The van der Waals surface area contributed by atoms with Crippen LogP contribution in [0, 0.1) is 0 Å². The second-order valence-corrected chi connectivity index (χ2v) is 7.37. The molecule has 168 valence electrons. The van der Waals surface area contributed by atoms with E-state index in [1.807, 2.05) is 61.5 Å². The smallest absolute Gasteiger partial charge is 0.242 e. The average molecular weight is 427 g/mol. The quantitative estimate of drug-likeness (QED) is 0.497. The number of carbonyl (C=O) groups is 2. The standard InChI is InChI=1S/C25H34N2O4/c1-4-31-18-8-17-26-25(29)20(2)27(19-22-11-14-23(30-3)15-12-22)24(28)16-13-21-9-6-5-7-10-21/h5-7,9-12,14-15,20H,4,8,13,16-19H2,1-3H3,(H,26,29)/t20-/m0/s1. The first kappa shape index (κ1) is 24.4. The first-order chi connectivity index (χ1) is 15.0. The van der Waals surface area contributed by atoms with Gasteiger partial charge in [0.2, 0.25) is 11.8 Å². The molecule has 0 radical (unpaired) electrons. The summed E-state index contributed by atoms with van der Waals surface area (Å²) in [6, 6.07) is 16.9. The van der Waals surface area contributed by atoms with E-state index in [1.54, 1.807) is 18.9 Å². The van der Waals surface area contributed by atoms with Crippen molar-refractivity contribution in [3.8, 4) is 5.75 Å². The molecule has 0 saturated carbocycles. The van der Waals surface area contributed by atoms with E-state index in [2.05, 4.69) is 5.32 Å². The van der Waals surface area contributed by atoms with E-state index in [0.717, 1.165) is 23.3 Å². The summed E-state index contributed by atoms with van der Waals surface area (Å²) < 4.78 is 10.5. The fourth-order valence-corrected chi connectivity index (χ4v) is 3.23. The SMILES string of the molecule is CCOCCCNC(=O)[C@H](C)N(Cc1ccc(OC)cc1)C(=O)CCc1ccccc1. The molecule has 2 aromatic rings. The normalized spacial score (nSPS) is 11.6. The number of methoxy groups -OCH3 is 1. The minimum atomic E-state index is -0.572. The molecule has 0 spiro atoms. The number of ether oxygens (including phenoxy) is 2. The lowest BCUT2D eigenvalue weighted by molar-refractivity contribution is -0.140. The highest BCUT2D eigenvalue weighted by molar-refractivity contribution is 5.87. The van der Waals surface area contributed by atoms with Crippen molar-refractivity contribution in [1.82, 2.24) is 10.2 Å². The van der Waals surface area contributed by atoms with E-state index < -0.39 is 6.04 Å². The molecule has 2 rings (SSSR count). The summed E-state index contributed by atoms with van der Waals surface area (Å²) in [5, 5.41) is 2.92. The van der Waals surface area contributed by atoms with Gasteiger partial charge in [0.1, 0.15) is 11.8 Å². The Morgan fingerprint density at radius 1 is 1.03 bits per heavy atom. The second-order valence-electron chi connectivity index (χ2n) is 7.37. The summed E-state index contributed by atoms with van der Waals surface area (Å²) >= 11 is 0. The van der Waals surface area contributed by atoms with Crippen LogP contribution in [0.15, 0.2) is 54.6 Å². The number of aryl methyl sites for hydroxylation is 1. The van der Waals surface area contributed by atoms with E-state index in [9.17, 15) is 9.59 Å². The molecular formula is C25H34N2O4. The molecule has 1 N–H and O–H groups in total. The van der Waals surface area contributed by atoms with Crippen molar-refractivity contribution in [1.29, 1.82) is 0 Å². The van der Waals surface area contributed by atoms with Gasteiger partial charge in [-0.15, -0.1) is 0 Å². The van der Waals surface area contributed by atoms with Gasteiger partial charge in [0.25, 0.3) is 0 Å². The third kappa shape index (κ3) is 8.42. The van der Waals surface area contributed by atoms with Crippen molar-refractivity contribution < 1.29 is 19.1 Å². The Kier molecular flexibility index (Phi) is 10.6. The molecule has 0 bridgehead atoms. The number of hydrogen-bond acceptors (Lipinski definition) is 4. The Balaban J connectivity index is 2.03. The molecule has 0 aliphatic rings. The fourth-order valence-electron chi connectivity index (χ4n) is 3.23. The van der Waals surface area contributed by atoms with Gasteiger partial charge in [-0.25, -0.2) is 0 Å². The van der Waals surface area contributed by atoms with Gasteiger partial charge >= 0.3 is 0 Å². The summed E-state index contributed by atoms with van der Waals surface area (Å²) in [6.45, 7) is 5.89. The van der Waals surface area contributed by atoms with Gasteiger partial charge in [-0.05, 0) is 49.9 Å². The van der Waals surface area contributed by atoms with Crippen molar-refractivity contribution in [2.24, 2.45) is 0 Å². The maximum atomic E-state index is 13.1. The lowest BCUT2D eigenvalue weighted by Crippen LogP contribution is -2.48. The molecule has 2 amide bonds. The van der Waals surface area contributed by atoms with Crippen LogP contribution < -0.4 is 10.1 Å². The van der Waals surface area contributed by atoms with Gasteiger partial charge in [-0.2, -0.15) is 0 Å². The van der Waals surface area contributed by atoms with Gasteiger partial charge in [-0.3, -0.25) is 9.59 Å². The molecule has 0 saturated heterocycles. The van der Waals surface area contributed by atoms with Crippen LogP contribution in [0.2, 0.25) is 0 Å². The molecule has 0 aliphatic heterocycles. The number of amides is 2. The molecule has 0 aliphatic carbocycles. The van der Waals surface area contributed by atoms with E-state index in [4.69, 9.17) is 9.47 Å². The van der Waals surface area contributed by atoms with Crippen LogP contribution in [0.4, 0.5) is 0 Å². The fraction of sp³-hybridized carbons (Fsp3) is 0.440. The molecule has 2 aromatic carbocycles. The first-order valence-corrected chi connectivity index (χ1v) is 10.9. The van der Waals surface area contributed by atoms with Crippen molar-refractivity contribution in [2.75, 3.05) is 26.9 Å². The lowest BCUT2D eigenvalue weighted by Gasteiger charge is -2.29. The van der Waals surface area contributed by atoms with Crippen molar-refractivity contribution in [2.45, 2.75) is 45.7 Å². The van der Waals surface area contributed by atoms with Crippen LogP contribution in [0.1, 0.15) is 37.8 Å². The van der Waals surface area contributed by atoms with Crippen LogP contribution in [-0.4, -0.2) is 49.6 Å². The lowest BCUT2D eigenvalue weighted by atomic mass is 10.1. The molecule has 6 nitrogen and oxygen atoms in total. The Bertz CT molecular complexity index is 793. The Morgan fingerprint density at radius 3 is 2.39 bits per heavy atom. The summed E-state index contributed by atoms with van der Waals surface area (Å²) in [5.74, 6) is 0.556. The number of hydrogen-bond donors (Lipinski definition) is 1. The highest BCUT2D eigenvalue weighted by Crippen LogP contribution is 2.16. The number of benzene rings is 2. The van der Waals surface area contributed by atoms with Crippen molar-refractivity contribution in [3.05, 3.63) is 65.7 Å². The topological polar surface area (TPSA) is 67.9 Å². The molecule has 0 fully saturated rings. The molecule has 0 unspecified atom stereocenters. The van der Waals surface area contributed by atoms with Crippen molar-refractivity contribution >= 4 is 11.8 Å². The Morgan fingerprint density at radius 2 is 1.74 bits per heavy atom. The van der Waals surface area contributed by atoms with Gasteiger partial charge in [0.05, 0.1) is 7.11 Å². The zero-order chi connectivity index (χ0) is 22.5. The molecule has 0 heterocycles. The monoisotopic (exact) mass is 426 g/mol. The Hall–Kier alpha value is -2.86. The van der Waals surface area contributed by atoms with Crippen LogP contribution in [-0.2, 0) is 27.3 Å². The molecule has 0 aromatic heterocycles. The molecule has 31 heavy (non-hydrogen) atoms. The van der Waals surface area contributed by atoms with Crippen molar-refractivity contribution in [3.63, 3.8) is 0 Å². The highest BCUT2D eigenvalue weighted by atomic mass is 16.5. The van der Waals surface area contributed by atoms with Crippen LogP contribution in [0.25, 0.3) is 0 Å². The first-order valence-electron chi connectivity index (χ1n) is 10.9. The minimum Gasteiger partial charge on any atom is -0.497 e. The Labute approximate surface area is 185 Å². The highest BCUT2D eigenvalue weighted by Gasteiger charge is 2.25. The van der Waals surface area contributed by atoms with E-state index in [-0.39, 0.29) is 11.8 Å². The molecular weight excluding hydrogens is 392 g/mol. The number of rotatable bonds is 13. The average Bonchev–Trinajstić information content (AvgIpc) is 2.81. The maximum Gasteiger partial charge on any atom is 0.242 e. The third-order valence-electron chi connectivity index (χ3n) is 5.12. The predicted molar refractivity (Wildman–Crippen MR) is 122 cm³/mol. The van der Waals surface area contributed by atoms with Crippen LogP contribution in [0.5, 0.6) is 5.75 Å². The van der Waals surface area contributed by atoms with E-state index >= 15 is 0 Å². The number of carbonyl (C=O) groups excluding carboxylic acids is 2. The van der Waals surface area contributed by atoms with Crippen LogP contribution in [0.3, 0.4) is 0 Å². The van der Waals surface area contributed by atoms with Crippen LogP contribution >= 0.6 is 0 Å². The molecule has 1 atom stereocenters.